The molecule has 0 saturated heterocycles. The second-order valence-electron chi connectivity index (χ2n) is 5.44. The molecule has 1 unspecified atom stereocenters. The zero-order chi connectivity index (χ0) is 17.3. The maximum atomic E-state index is 12.7. The zero-order valence-corrected chi connectivity index (χ0v) is 13.3. The smallest absolute Gasteiger partial charge is 0.337 e. The number of carbonyl (C=O) groups excluding carboxylic acids is 1. The molecule has 0 aliphatic carbocycles. The Labute approximate surface area is 137 Å². The summed E-state index contributed by atoms with van der Waals surface area (Å²) < 4.78 is 5.83. The van der Waals surface area contributed by atoms with Gasteiger partial charge in [0.1, 0.15) is 0 Å². The lowest BCUT2D eigenvalue weighted by Gasteiger charge is -2.15. The summed E-state index contributed by atoms with van der Waals surface area (Å²) in [6.07, 6.45) is 0. The number of hydrogen-bond donors (Lipinski definition) is 1. The Bertz CT molecular complexity index is 1020. The second kappa shape index (κ2) is 6.16. The van der Waals surface area contributed by atoms with Crippen molar-refractivity contribution in [2.75, 3.05) is 7.11 Å². The van der Waals surface area contributed by atoms with Crippen LogP contribution in [0.1, 0.15) is 28.9 Å². The number of rotatable bonds is 3. The van der Waals surface area contributed by atoms with Crippen molar-refractivity contribution in [3.63, 3.8) is 0 Å². The average Bonchev–Trinajstić information content (AvgIpc) is 2.61. The molecule has 0 radical (unpaired) electrons. The van der Waals surface area contributed by atoms with E-state index in [0.29, 0.717) is 16.5 Å². The van der Waals surface area contributed by atoms with Gasteiger partial charge in [-0.15, -0.1) is 0 Å². The summed E-state index contributed by atoms with van der Waals surface area (Å²) in [6.45, 7) is 1.76. The Balaban J connectivity index is 2.09. The number of nitrogens with one attached hydrogen (secondary N) is 1. The topological polar surface area (TPSA) is 81.2 Å². The van der Waals surface area contributed by atoms with Crippen molar-refractivity contribution in [1.29, 1.82) is 0 Å². The monoisotopic (exact) mass is 324 g/mol. The number of hydrogen-bond acceptors (Lipinski definition) is 4. The standard InChI is InChI=1S/C18H16N2O4/c1-11(12-7-9-13(10-8-12)17(22)24-2)20-16(21)14-5-3-4-6-15(14)19-18(20)23/h3-11H,1-2H3,(H,19,23). The lowest BCUT2D eigenvalue weighted by Crippen LogP contribution is -2.37. The predicted octanol–water partition coefficient (Wildman–Crippen LogP) is 2.09. The number of carbonyl (C=O) groups is 1. The maximum absolute atomic E-state index is 12.7. The van der Waals surface area contributed by atoms with Gasteiger partial charge in [-0.05, 0) is 36.8 Å². The first-order valence-electron chi connectivity index (χ1n) is 7.44. The Hall–Kier alpha value is -3.15. The molecule has 24 heavy (non-hydrogen) atoms. The van der Waals surface area contributed by atoms with Crippen LogP contribution in [0.3, 0.4) is 0 Å². The quantitative estimate of drug-likeness (QED) is 0.748. The van der Waals surface area contributed by atoms with Gasteiger partial charge in [0.2, 0.25) is 0 Å². The summed E-state index contributed by atoms with van der Waals surface area (Å²) in [6, 6.07) is 13.0. The molecule has 0 spiro atoms. The van der Waals surface area contributed by atoms with E-state index in [1.807, 2.05) is 0 Å². The van der Waals surface area contributed by atoms with Crippen molar-refractivity contribution < 1.29 is 9.53 Å². The highest BCUT2D eigenvalue weighted by Gasteiger charge is 2.16. The van der Waals surface area contributed by atoms with Crippen LogP contribution in [-0.2, 0) is 4.74 Å². The molecule has 1 aromatic heterocycles. The summed E-state index contributed by atoms with van der Waals surface area (Å²) >= 11 is 0. The molecular formula is C18H16N2O4. The van der Waals surface area contributed by atoms with E-state index in [1.54, 1.807) is 55.5 Å². The van der Waals surface area contributed by atoms with Crippen LogP contribution in [0.4, 0.5) is 0 Å². The highest BCUT2D eigenvalue weighted by molar-refractivity contribution is 5.89. The Morgan fingerprint density at radius 2 is 1.75 bits per heavy atom. The summed E-state index contributed by atoms with van der Waals surface area (Å²) in [5.41, 5.74) is 0.845. The Morgan fingerprint density at radius 1 is 1.08 bits per heavy atom. The zero-order valence-electron chi connectivity index (χ0n) is 13.3. The van der Waals surface area contributed by atoms with E-state index >= 15 is 0 Å². The van der Waals surface area contributed by atoms with Gasteiger partial charge >= 0.3 is 11.7 Å². The van der Waals surface area contributed by atoms with E-state index in [1.165, 1.54) is 11.7 Å². The fourth-order valence-corrected chi connectivity index (χ4v) is 2.69. The van der Waals surface area contributed by atoms with E-state index in [-0.39, 0.29) is 5.56 Å². The largest absolute Gasteiger partial charge is 0.465 e. The third kappa shape index (κ3) is 2.62. The van der Waals surface area contributed by atoms with Crippen molar-refractivity contribution in [3.05, 3.63) is 80.5 Å². The lowest BCUT2D eigenvalue weighted by atomic mass is 10.1. The number of H-pyrrole nitrogens is 1. The van der Waals surface area contributed by atoms with E-state index in [4.69, 9.17) is 0 Å². The van der Waals surface area contributed by atoms with Gasteiger partial charge in [0, 0.05) is 0 Å². The van der Waals surface area contributed by atoms with Crippen LogP contribution in [0.15, 0.2) is 58.1 Å². The van der Waals surface area contributed by atoms with Crippen LogP contribution < -0.4 is 11.2 Å². The van der Waals surface area contributed by atoms with Gasteiger partial charge in [0.15, 0.2) is 0 Å². The lowest BCUT2D eigenvalue weighted by molar-refractivity contribution is 0.0600. The SMILES string of the molecule is COC(=O)c1ccc(C(C)n2c(=O)[nH]c3ccccc3c2=O)cc1. The molecule has 0 fully saturated rings. The summed E-state index contributed by atoms with van der Waals surface area (Å²) in [5, 5.41) is 0.454. The molecule has 0 bridgehead atoms. The Kier molecular flexibility index (Phi) is 4.04. The highest BCUT2D eigenvalue weighted by atomic mass is 16.5. The van der Waals surface area contributed by atoms with Crippen LogP contribution in [0.5, 0.6) is 0 Å². The summed E-state index contributed by atoms with van der Waals surface area (Å²) in [5.74, 6) is -0.435. The third-order valence-electron chi connectivity index (χ3n) is 4.04. The van der Waals surface area contributed by atoms with Gasteiger partial charge in [-0.2, -0.15) is 0 Å². The average molecular weight is 324 g/mol. The van der Waals surface area contributed by atoms with Crippen LogP contribution in [0.25, 0.3) is 10.9 Å². The van der Waals surface area contributed by atoms with Crippen LogP contribution in [-0.4, -0.2) is 22.6 Å². The molecule has 0 amide bonds. The number of esters is 1. The van der Waals surface area contributed by atoms with Crippen molar-refractivity contribution >= 4 is 16.9 Å². The van der Waals surface area contributed by atoms with E-state index < -0.39 is 17.7 Å². The first-order chi connectivity index (χ1) is 11.5. The van der Waals surface area contributed by atoms with Gasteiger partial charge in [0.05, 0.1) is 29.6 Å². The first kappa shape index (κ1) is 15.7. The van der Waals surface area contributed by atoms with Gasteiger partial charge in [-0.25, -0.2) is 9.59 Å². The third-order valence-corrected chi connectivity index (χ3v) is 4.04. The summed E-state index contributed by atoms with van der Waals surface area (Å²) in [7, 11) is 1.31. The van der Waals surface area contributed by atoms with Crippen LogP contribution in [0.2, 0.25) is 0 Å². The maximum Gasteiger partial charge on any atom is 0.337 e. The van der Waals surface area contributed by atoms with Gasteiger partial charge < -0.3 is 9.72 Å². The Morgan fingerprint density at radius 3 is 2.42 bits per heavy atom. The molecule has 1 heterocycles. The number of nitrogens with zero attached hydrogens (tertiary/aromatic N) is 1. The number of fused-ring (bicyclic) bond motifs is 1. The molecule has 2 aromatic carbocycles. The van der Waals surface area contributed by atoms with Gasteiger partial charge in [-0.3, -0.25) is 9.36 Å². The van der Waals surface area contributed by atoms with Crippen molar-refractivity contribution in [1.82, 2.24) is 9.55 Å². The molecule has 1 N–H and O–H groups in total. The van der Waals surface area contributed by atoms with E-state index in [2.05, 4.69) is 9.72 Å². The summed E-state index contributed by atoms with van der Waals surface area (Å²) in [4.78, 5) is 39.2. The molecule has 0 saturated carbocycles. The minimum Gasteiger partial charge on any atom is -0.465 e. The second-order valence-corrected chi connectivity index (χ2v) is 5.44. The molecule has 122 valence electrons. The van der Waals surface area contributed by atoms with Crippen molar-refractivity contribution in [2.24, 2.45) is 0 Å². The number of methoxy groups -OCH3 is 1. The fraction of sp³-hybridized carbons (Fsp3) is 0.167. The minimum absolute atomic E-state index is 0.348. The molecule has 1 atom stereocenters. The number of aromatic amines is 1. The molecule has 3 aromatic rings. The molecule has 0 aliphatic rings. The molecule has 6 heteroatoms. The van der Waals surface area contributed by atoms with Gasteiger partial charge in [-0.1, -0.05) is 24.3 Å². The predicted molar refractivity (Wildman–Crippen MR) is 90.4 cm³/mol. The number of aromatic nitrogens is 2. The van der Waals surface area contributed by atoms with E-state index in [0.717, 1.165) is 5.56 Å². The van der Waals surface area contributed by atoms with Gasteiger partial charge in [0.25, 0.3) is 5.56 Å². The van der Waals surface area contributed by atoms with Crippen molar-refractivity contribution in [2.45, 2.75) is 13.0 Å². The fourth-order valence-electron chi connectivity index (χ4n) is 2.69. The first-order valence-corrected chi connectivity index (χ1v) is 7.44. The van der Waals surface area contributed by atoms with E-state index in [9.17, 15) is 14.4 Å². The highest BCUT2D eigenvalue weighted by Crippen LogP contribution is 2.16. The molecular weight excluding hydrogens is 308 g/mol. The van der Waals surface area contributed by atoms with Crippen molar-refractivity contribution in [3.8, 4) is 0 Å². The number of para-hydroxylation sites is 1. The molecule has 0 aliphatic heterocycles. The van der Waals surface area contributed by atoms with Crippen LogP contribution >= 0.6 is 0 Å². The number of ether oxygens (including phenoxy) is 1. The van der Waals surface area contributed by atoms with Crippen LogP contribution in [0, 0.1) is 0 Å². The molecule has 6 nitrogen and oxygen atoms in total. The normalized spacial score (nSPS) is 12.1. The molecule has 3 rings (SSSR count). The number of benzene rings is 2. The minimum atomic E-state index is -0.474.